The molecule has 114 valence electrons. The maximum atomic E-state index is 13.2. The number of methoxy groups -OCH3 is 1. The topological polar surface area (TPSA) is 49.9 Å². The van der Waals surface area contributed by atoms with Gasteiger partial charge in [0.1, 0.15) is 18.5 Å². The van der Waals surface area contributed by atoms with E-state index in [0.29, 0.717) is 18.8 Å². The van der Waals surface area contributed by atoms with Gasteiger partial charge in [0.15, 0.2) is 0 Å². The van der Waals surface area contributed by atoms with Gasteiger partial charge >= 0.3 is 0 Å². The highest BCUT2D eigenvalue weighted by Crippen LogP contribution is 2.25. The minimum atomic E-state index is -0.592. The van der Waals surface area contributed by atoms with Gasteiger partial charge in [-0.2, -0.15) is 0 Å². The van der Waals surface area contributed by atoms with E-state index in [9.17, 15) is 14.0 Å². The summed E-state index contributed by atoms with van der Waals surface area (Å²) in [6.07, 6.45) is 0. The number of rotatable bonds is 3. The highest BCUT2D eigenvalue weighted by atomic mass is 35.5. The van der Waals surface area contributed by atoms with Crippen LogP contribution in [0.2, 0.25) is 5.02 Å². The van der Waals surface area contributed by atoms with Crippen LogP contribution in [-0.2, 0) is 14.3 Å². The molecule has 1 atom stereocenters. The Bertz CT molecular complexity index is 567. The standard InChI is InChI=1S/C14H16ClFN2O3/c1-9-14(20)18(6-5-17(9)13(19)8-21-2)10-3-4-12(16)11(15)7-10/h3-4,7,9H,5-6,8H2,1-2H3/t9-/m1/s1. The van der Waals surface area contributed by atoms with Gasteiger partial charge in [-0.25, -0.2) is 4.39 Å². The van der Waals surface area contributed by atoms with E-state index >= 15 is 0 Å². The van der Waals surface area contributed by atoms with Gasteiger partial charge in [-0.05, 0) is 25.1 Å². The average molecular weight is 315 g/mol. The predicted molar refractivity (Wildman–Crippen MR) is 76.8 cm³/mol. The van der Waals surface area contributed by atoms with E-state index in [1.54, 1.807) is 6.92 Å². The molecule has 0 bridgehead atoms. The second-order valence-electron chi connectivity index (χ2n) is 4.78. The third-order valence-corrected chi connectivity index (χ3v) is 3.75. The van der Waals surface area contributed by atoms with Gasteiger partial charge in [-0.1, -0.05) is 11.6 Å². The fraction of sp³-hybridized carbons (Fsp3) is 0.429. The lowest BCUT2D eigenvalue weighted by atomic mass is 10.1. The number of carbonyl (C=O) groups is 2. The van der Waals surface area contributed by atoms with Crippen LogP contribution in [0.5, 0.6) is 0 Å². The molecule has 0 spiro atoms. The zero-order valence-electron chi connectivity index (χ0n) is 11.8. The molecule has 0 radical (unpaired) electrons. The Balaban J connectivity index is 2.17. The first-order valence-corrected chi connectivity index (χ1v) is 6.88. The minimum Gasteiger partial charge on any atom is -0.375 e. The van der Waals surface area contributed by atoms with E-state index in [1.807, 2.05) is 0 Å². The minimum absolute atomic E-state index is 0.0363. The Labute approximate surface area is 127 Å². The summed E-state index contributed by atoms with van der Waals surface area (Å²) in [6, 6.07) is 3.54. The zero-order chi connectivity index (χ0) is 15.6. The summed E-state index contributed by atoms with van der Waals surface area (Å²) >= 11 is 5.74. The van der Waals surface area contributed by atoms with Crippen LogP contribution in [0.15, 0.2) is 18.2 Å². The highest BCUT2D eigenvalue weighted by molar-refractivity contribution is 6.31. The van der Waals surface area contributed by atoms with Crippen molar-refractivity contribution in [2.75, 3.05) is 31.7 Å². The van der Waals surface area contributed by atoms with E-state index in [2.05, 4.69) is 0 Å². The second kappa shape index (κ2) is 6.41. The normalized spacial score (nSPS) is 19.0. The molecule has 1 saturated heterocycles. The van der Waals surface area contributed by atoms with E-state index in [1.165, 1.54) is 35.1 Å². The van der Waals surface area contributed by atoms with Crippen LogP contribution in [0.4, 0.5) is 10.1 Å². The number of carbonyl (C=O) groups excluding carboxylic acids is 2. The Morgan fingerprint density at radius 3 is 2.81 bits per heavy atom. The molecule has 1 fully saturated rings. The summed E-state index contributed by atoms with van der Waals surface area (Å²) < 4.78 is 18.0. The van der Waals surface area contributed by atoms with Gasteiger partial charge in [0, 0.05) is 25.9 Å². The second-order valence-corrected chi connectivity index (χ2v) is 5.19. The first-order valence-electron chi connectivity index (χ1n) is 6.50. The lowest BCUT2D eigenvalue weighted by molar-refractivity contribution is -0.143. The average Bonchev–Trinajstić information content (AvgIpc) is 2.45. The zero-order valence-corrected chi connectivity index (χ0v) is 12.6. The molecule has 0 aromatic heterocycles. The van der Waals surface area contributed by atoms with E-state index in [4.69, 9.17) is 16.3 Å². The molecule has 0 saturated carbocycles. The fourth-order valence-corrected chi connectivity index (χ4v) is 2.50. The van der Waals surface area contributed by atoms with E-state index in [-0.39, 0.29) is 23.4 Å². The molecule has 1 aromatic carbocycles. The molecular formula is C14H16ClFN2O3. The largest absolute Gasteiger partial charge is 0.375 e. The molecule has 2 amide bonds. The van der Waals surface area contributed by atoms with Crippen molar-refractivity contribution in [2.24, 2.45) is 0 Å². The molecule has 1 aromatic rings. The quantitative estimate of drug-likeness (QED) is 0.853. The molecule has 0 N–H and O–H groups in total. The Morgan fingerprint density at radius 1 is 1.48 bits per heavy atom. The number of amides is 2. The van der Waals surface area contributed by atoms with Crippen molar-refractivity contribution < 1.29 is 18.7 Å². The van der Waals surface area contributed by atoms with Crippen molar-refractivity contribution in [3.8, 4) is 0 Å². The molecule has 21 heavy (non-hydrogen) atoms. The van der Waals surface area contributed by atoms with Crippen molar-refractivity contribution in [2.45, 2.75) is 13.0 Å². The Kier molecular flexibility index (Phi) is 4.80. The number of hydrogen-bond donors (Lipinski definition) is 0. The number of piperazine rings is 1. The molecule has 0 unspecified atom stereocenters. The lowest BCUT2D eigenvalue weighted by Gasteiger charge is -2.39. The van der Waals surface area contributed by atoms with Crippen molar-refractivity contribution >= 4 is 29.1 Å². The number of halogens is 2. The third-order valence-electron chi connectivity index (χ3n) is 3.46. The lowest BCUT2D eigenvalue weighted by Crippen LogP contribution is -2.58. The molecule has 1 aliphatic heterocycles. The van der Waals surface area contributed by atoms with Crippen LogP contribution >= 0.6 is 11.6 Å². The van der Waals surface area contributed by atoms with Crippen molar-refractivity contribution in [1.82, 2.24) is 4.90 Å². The number of benzene rings is 1. The number of anilines is 1. The maximum absolute atomic E-state index is 13.2. The number of ether oxygens (including phenoxy) is 1. The summed E-state index contributed by atoms with van der Waals surface area (Å²) in [5.41, 5.74) is 0.525. The van der Waals surface area contributed by atoms with Crippen LogP contribution in [0.25, 0.3) is 0 Å². The van der Waals surface area contributed by atoms with Gasteiger partial charge in [-0.3, -0.25) is 9.59 Å². The van der Waals surface area contributed by atoms with E-state index < -0.39 is 11.9 Å². The Hall–Kier alpha value is -1.66. The SMILES string of the molecule is COCC(=O)N1CCN(c2ccc(F)c(Cl)c2)C(=O)[C@H]1C. The third kappa shape index (κ3) is 3.16. The maximum Gasteiger partial charge on any atom is 0.249 e. The van der Waals surface area contributed by atoms with Gasteiger partial charge in [0.2, 0.25) is 11.8 Å². The molecule has 1 aliphatic rings. The number of hydrogen-bond acceptors (Lipinski definition) is 3. The summed E-state index contributed by atoms with van der Waals surface area (Å²) in [5.74, 6) is -0.988. The van der Waals surface area contributed by atoms with Gasteiger partial charge in [0.05, 0.1) is 5.02 Å². The summed E-state index contributed by atoms with van der Waals surface area (Å²) in [7, 11) is 1.43. The molecule has 1 heterocycles. The first kappa shape index (κ1) is 15.7. The monoisotopic (exact) mass is 314 g/mol. The van der Waals surface area contributed by atoms with Crippen molar-refractivity contribution in [3.63, 3.8) is 0 Å². The van der Waals surface area contributed by atoms with Crippen LogP contribution in [-0.4, -0.2) is 49.6 Å². The van der Waals surface area contributed by atoms with Crippen molar-refractivity contribution in [3.05, 3.63) is 29.0 Å². The van der Waals surface area contributed by atoms with Crippen LogP contribution < -0.4 is 4.90 Å². The van der Waals surface area contributed by atoms with Crippen LogP contribution in [0.3, 0.4) is 0 Å². The first-order chi connectivity index (χ1) is 9.95. The highest BCUT2D eigenvalue weighted by Gasteiger charge is 2.34. The molecular weight excluding hydrogens is 299 g/mol. The predicted octanol–water partition coefficient (Wildman–Crippen LogP) is 1.69. The van der Waals surface area contributed by atoms with Gasteiger partial charge < -0.3 is 14.5 Å². The van der Waals surface area contributed by atoms with Crippen LogP contribution in [0, 0.1) is 5.82 Å². The van der Waals surface area contributed by atoms with Crippen molar-refractivity contribution in [1.29, 1.82) is 0 Å². The molecule has 5 nitrogen and oxygen atoms in total. The molecule has 7 heteroatoms. The van der Waals surface area contributed by atoms with E-state index in [0.717, 1.165) is 0 Å². The molecule has 2 rings (SSSR count). The van der Waals surface area contributed by atoms with Gasteiger partial charge in [-0.15, -0.1) is 0 Å². The van der Waals surface area contributed by atoms with Crippen LogP contribution in [0.1, 0.15) is 6.92 Å². The smallest absolute Gasteiger partial charge is 0.249 e. The number of nitrogens with zero attached hydrogens (tertiary/aromatic N) is 2. The summed E-state index contributed by atoms with van der Waals surface area (Å²) in [4.78, 5) is 27.2. The van der Waals surface area contributed by atoms with Gasteiger partial charge in [0.25, 0.3) is 0 Å². The summed E-state index contributed by atoms with van der Waals surface area (Å²) in [5, 5.41) is -0.0363. The Morgan fingerprint density at radius 2 is 2.19 bits per heavy atom. The fourth-order valence-electron chi connectivity index (χ4n) is 2.33. The molecule has 0 aliphatic carbocycles. The summed E-state index contributed by atoms with van der Waals surface area (Å²) in [6.45, 7) is 2.33.